The summed E-state index contributed by atoms with van der Waals surface area (Å²) < 4.78 is 1.60. The van der Waals surface area contributed by atoms with Crippen LogP contribution in [0.25, 0.3) is 0 Å². The zero-order valence-corrected chi connectivity index (χ0v) is 15.0. The Morgan fingerprint density at radius 3 is 2.81 bits per heavy atom. The Morgan fingerprint density at radius 2 is 2.12 bits per heavy atom. The SMILES string of the molecule is CN1CCC2(CC1)NC(O)c1c(Cl)cc(Nc3cc(N)ncn3)c(=O)n12. The van der Waals surface area contributed by atoms with Crippen molar-refractivity contribution in [3.8, 4) is 0 Å². The predicted octanol–water partition coefficient (Wildman–Crippen LogP) is 0.590. The van der Waals surface area contributed by atoms with E-state index in [1.807, 2.05) is 7.05 Å². The van der Waals surface area contributed by atoms with Crippen molar-refractivity contribution < 1.29 is 5.11 Å². The van der Waals surface area contributed by atoms with Crippen molar-refractivity contribution in [2.75, 3.05) is 31.2 Å². The minimum absolute atomic E-state index is 0.268. The summed E-state index contributed by atoms with van der Waals surface area (Å²) in [5.41, 5.74) is 5.42. The molecule has 0 aliphatic carbocycles. The molecule has 26 heavy (non-hydrogen) atoms. The van der Waals surface area contributed by atoms with Crippen LogP contribution in [-0.2, 0) is 5.66 Å². The molecule has 4 rings (SSSR count). The zero-order chi connectivity index (χ0) is 18.5. The number of hydrogen-bond acceptors (Lipinski definition) is 8. The number of hydrogen-bond donors (Lipinski definition) is 4. The molecule has 1 atom stereocenters. The van der Waals surface area contributed by atoms with Gasteiger partial charge in [0, 0.05) is 19.2 Å². The first-order valence-electron chi connectivity index (χ1n) is 8.34. The summed E-state index contributed by atoms with van der Waals surface area (Å²) in [5.74, 6) is 0.689. The summed E-state index contributed by atoms with van der Waals surface area (Å²) in [5, 5.41) is 16.9. The van der Waals surface area contributed by atoms with Crippen LogP contribution < -0.4 is 21.9 Å². The predicted molar refractivity (Wildman–Crippen MR) is 98.2 cm³/mol. The molecule has 0 amide bonds. The van der Waals surface area contributed by atoms with E-state index >= 15 is 0 Å². The van der Waals surface area contributed by atoms with Crippen LogP contribution in [0.3, 0.4) is 0 Å². The summed E-state index contributed by atoms with van der Waals surface area (Å²) in [6, 6.07) is 3.04. The van der Waals surface area contributed by atoms with Crippen LogP contribution in [-0.4, -0.2) is 44.7 Å². The third kappa shape index (κ3) is 2.73. The summed E-state index contributed by atoms with van der Waals surface area (Å²) in [4.78, 5) is 23.3. The number of halogens is 1. The molecule has 0 radical (unpaired) electrons. The van der Waals surface area contributed by atoms with Gasteiger partial charge in [-0.2, -0.15) is 0 Å². The van der Waals surface area contributed by atoms with Gasteiger partial charge in [0.2, 0.25) is 0 Å². The van der Waals surface area contributed by atoms with Gasteiger partial charge < -0.3 is 21.1 Å². The van der Waals surface area contributed by atoms with E-state index in [1.54, 1.807) is 4.57 Å². The zero-order valence-electron chi connectivity index (χ0n) is 14.2. The van der Waals surface area contributed by atoms with Gasteiger partial charge in [0.25, 0.3) is 5.56 Å². The molecule has 1 saturated heterocycles. The highest BCUT2D eigenvalue weighted by molar-refractivity contribution is 6.31. The number of aromatic nitrogens is 3. The lowest BCUT2D eigenvalue weighted by molar-refractivity contribution is 0.0572. The lowest BCUT2D eigenvalue weighted by Gasteiger charge is -2.39. The van der Waals surface area contributed by atoms with Crippen LogP contribution in [0.1, 0.15) is 24.8 Å². The van der Waals surface area contributed by atoms with E-state index in [1.165, 1.54) is 18.5 Å². The van der Waals surface area contributed by atoms with Crippen molar-refractivity contribution in [2.45, 2.75) is 24.7 Å². The molecule has 0 bridgehead atoms. The fraction of sp³-hybridized carbons (Fsp3) is 0.438. The summed E-state index contributed by atoms with van der Waals surface area (Å²) >= 11 is 6.40. The fourth-order valence-electron chi connectivity index (χ4n) is 3.69. The third-order valence-corrected chi connectivity index (χ3v) is 5.35. The van der Waals surface area contributed by atoms with Crippen molar-refractivity contribution in [3.05, 3.63) is 39.5 Å². The average Bonchev–Trinajstić information content (AvgIpc) is 2.88. The number of nitrogens with zero attached hydrogens (tertiary/aromatic N) is 4. The van der Waals surface area contributed by atoms with Gasteiger partial charge in [-0.25, -0.2) is 9.97 Å². The molecule has 0 aromatic carbocycles. The Labute approximate surface area is 154 Å². The first-order chi connectivity index (χ1) is 12.4. The number of nitrogens with one attached hydrogen (secondary N) is 2. The van der Waals surface area contributed by atoms with Gasteiger partial charge in [0.1, 0.15) is 35.5 Å². The molecule has 0 saturated carbocycles. The molecule has 9 nitrogen and oxygen atoms in total. The average molecular weight is 378 g/mol. The van der Waals surface area contributed by atoms with E-state index in [0.717, 1.165) is 13.1 Å². The number of anilines is 3. The number of likely N-dealkylation sites (tertiary alicyclic amines) is 1. The van der Waals surface area contributed by atoms with Crippen molar-refractivity contribution in [3.63, 3.8) is 0 Å². The monoisotopic (exact) mass is 377 g/mol. The molecule has 2 aliphatic rings. The number of nitrogens with two attached hydrogens (primary N) is 1. The molecule has 1 spiro atoms. The van der Waals surface area contributed by atoms with Gasteiger partial charge in [-0.3, -0.25) is 14.7 Å². The van der Waals surface area contributed by atoms with Gasteiger partial charge in [0.05, 0.1) is 10.7 Å². The molecule has 138 valence electrons. The largest absolute Gasteiger partial charge is 0.384 e. The lowest BCUT2D eigenvalue weighted by atomic mass is 9.97. The number of fused-ring (bicyclic) bond motifs is 2. The Kier molecular flexibility index (Phi) is 4.11. The summed E-state index contributed by atoms with van der Waals surface area (Å²) in [6.07, 6.45) is 1.71. The molecular weight excluding hydrogens is 358 g/mol. The van der Waals surface area contributed by atoms with E-state index in [2.05, 4.69) is 25.5 Å². The Bertz CT molecular complexity index is 908. The van der Waals surface area contributed by atoms with E-state index in [4.69, 9.17) is 17.3 Å². The Morgan fingerprint density at radius 1 is 1.38 bits per heavy atom. The van der Waals surface area contributed by atoms with Gasteiger partial charge in [-0.1, -0.05) is 11.6 Å². The molecular formula is C16H20ClN7O2. The third-order valence-electron chi connectivity index (χ3n) is 5.05. The van der Waals surface area contributed by atoms with Crippen molar-refractivity contribution in [2.24, 2.45) is 0 Å². The number of pyridine rings is 1. The second-order valence-electron chi connectivity index (χ2n) is 6.77. The van der Waals surface area contributed by atoms with Crippen molar-refractivity contribution in [1.82, 2.24) is 24.8 Å². The normalized spacial score (nSPS) is 21.7. The van der Waals surface area contributed by atoms with Crippen LogP contribution in [0.5, 0.6) is 0 Å². The van der Waals surface area contributed by atoms with E-state index in [9.17, 15) is 9.90 Å². The fourth-order valence-corrected chi connectivity index (χ4v) is 3.99. The Balaban J connectivity index is 1.80. The van der Waals surface area contributed by atoms with E-state index in [0.29, 0.717) is 35.2 Å². The maximum atomic E-state index is 13.2. The topological polar surface area (TPSA) is 121 Å². The Hall–Kier alpha value is -2.20. The second-order valence-corrected chi connectivity index (χ2v) is 7.17. The molecule has 1 fully saturated rings. The van der Waals surface area contributed by atoms with Crippen LogP contribution >= 0.6 is 11.6 Å². The van der Waals surface area contributed by atoms with Crippen LogP contribution in [0.15, 0.2) is 23.3 Å². The number of rotatable bonds is 2. The number of aliphatic hydroxyl groups is 1. The van der Waals surface area contributed by atoms with Gasteiger partial charge >= 0.3 is 0 Å². The minimum Gasteiger partial charge on any atom is -0.384 e. The van der Waals surface area contributed by atoms with Crippen LogP contribution in [0.4, 0.5) is 17.3 Å². The van der Waals surface area contributed by atoms with Crippen LogP contribution in [0, 0.1) is 0 Å². The number of piperidine rings is 1. The molecule has 2 aromatic heterocycles. The van der Waals surface area contributed by atoms with Gasteiger partial charge in [-0.05, 0) is 26.0 Å². The van der Waals surface area contributed by atoms with Gasteiger partial charge in [-0.15, -0.1) is 0 Å². The minimum atomic E-state index is -0.984. The summed E-state index contributed by atoms with van der Waals surface area (Å²) in [6.45, 7) is 1.62. The maximum Gasteiger partial charge on any atom is 0.276 e. The number of aliphatic hydroxyl groups excluding tert-OH is 1. The first kappa shape index (κ1) is 17.2. The highest BCUT2D eigenvalue weighted by atomic mass is 35.5. The molecule has 5 N–H and O–H groups in total. The molecule has 4 heterocycles. The van der Waals surface area contributed by atoms with E-state index < -0.39 is 11.9 Å². The highest BCUT2D eigenvalue weighted by Crippen LogP contribution is 2.39. The smallest absolute Gasteiger partial charge is 0.276 e. The highest BCUT2D eigenvalue weighted by Gasteiger charge is 2.46. The number of nitrogen functional groups attached to an aromatic ring is 1. The quantitative estimate of drug-likeness (QED) is 0.600. The van der Waals surface area contributed by atoms with Gasteiger partial charge in [0.15, 0.2) is 0 Å². The van der Waals surface area contributed by atoms with Crippen molar-refractivity contribution in [1.29, 1.82) is 0 Å². The first-order valence-corrected chi connectivity index (χ1v) is 8.72. The molecule has 2 aromatic rings. The lowest BCUT2D eigenvalue weighted by Crippen LogP contribution is -2.53. The molecule has 2 aliphatic heterocycles. The van der Waals surface area contributed by atoms with Crippen molar-refractivity contribution >= 4 is 28.9 Å². The van der Waals surface area contributed by atoms with Crippen LogP contribution in [0.2, 0.25) is 5.02 Å². The standard InChI is InChI=1S/C16H20ClN7O2/c1-23-4-2-16(3-5-23)22-14(25)13-9(17)6-10(15(26)24(13)16)21-12-7-11(18)19-8-20-12/h6-8,14,22,25H,2-5H2,1H3,(H3,18,19,20,21). The molecule has 1 unspecified atom stereocenters. The summed E-state index contributed by atoms with van der Waals surface area (Å²) in [7, 11) is 2.03. The maximum absolute atomic E-state index is 13.2. The van der Waals surface area contributed by atoms with E-state index in [-0.39, 0.29) is 11.2 Å². The molecule has 10 heteroatoms. The second kappa shape index (κ2) is 6.20.